The van der Waals surface area contributed by atoms with Crippen LogP contribution in [0.1, 0.15) is 25.7 Å². The number of nitrogens with zero attached hydrogens (tertiary/aromatic N) is 2. The molecule has 1 aliphatic rings. The van der Waals surface area contributed by atoms with E-state index in [0.717, 1.165) is 12.8 Å². The number of anilines is 1. The van der Waals surface area contributed by atoms with Crippen molar-refractivity contribution in [2.75, 3.05) is 5.32 Å². The number of nitrogens with one attached hydrogen (secondary N) is 1. The number of aromatic nitrogens is 2. The molecule has 0 atom stereocenters. The van der Waals surface area contributed by atoms with Crippen LogP contribution >= 0.6 is 11.6 Å². The van der Waals surface area contributed by atoms with Crippen LogP contribution in [0.4, 0.5) is 5.82 Å². The quantitative estimate of drug-likeness (QED) is 0.926. The number of hydrogen-bond acceptors (Lipinski definition) is 5. The zero-order chi connectivity index (χ0) is 15.6. The molecule has 1 heterocycles. The van der Waals surface area contributed by atoms with E-state index in [1.54, 1.807) is 6.07 Å². The molecule has 5 nitrogen and oxygen atoms in total. The van der Waals surface area contributed by atoms with Gasteiger partial charge in [-0.3, -0.25) is 0 Å². The maximum atomic E-state index is 12.4. The van der Waals surface area contributed by atoms with Crippen molar-refractivity contribution < 1.29 is 8.42 Å². The summed E-state index contributed by atoms with van der Waals surface area (Å²) in [5, 5.41) is 11.5. The predicted molar refractivity (Wildman–Crippen MR) is 84.8 cm³/mol. The van der Waals surface area contributed by atoms with Gasteiger partial charge in [0, 0.05) is 11.1 Å². The molecule has 0 aliphatic heterocycles. The summed E-state index contributed by atoms with van der Waals surface area (Å²) < 4.78 is 24.9. The fraction of sp³-hybridized carbons (Fsp3) is 0.333. The van der Waals surface area contributed by atoms with E-state index < -0.39 is 9.84 Å². The van der Waals surface area contributed by atoms with E-state index in [0.29, 0.717) is 16.9 Å². The van der Waals surface area contributed by atoms with Gasteiger partial charge >= 0.3 is 0 Å². The van der Waals surface area contributed by atoms with Gasteiger partial charge in [0.15, 0.2) is 5.03 Å². The molecule has 1 N–H and O–H groups in total. The normalized spacial score (nSPS) is 15.9. The van der Waals surface area contributed by atoms with Crippen LogP contribution in [0.3, 0.4) is 0 Å². The van der Waals surface area contributed by atoms with E-state index in [1.165, 1.54) is 43.2 Å². The Morgan fingerprint density at radius 3 is 2.27 bits per heavy atom. The Hall–Kier alpha value is -1.66. The van der Waals surface area contributed by atoms with Crippen molar-refractivity contribution in [3.05, 3.63) is 41.4 Å². The molecular formula is C15H16ClN3O2S. The van der Waals surface area contributed by atoms with Crippen LogP contribution in [-0.4, -0.2) is 24.7 Å². The lowest BCUT2D eigenvalue weighted by Gasteiger charge is -2.12. The van der Waals surface area contributed by atoms with Crippen molar-refractivity contribution in [2.24, 2.45) is 0 Å². The highest BCUT2D eigenvalue weighted by atomic mass is 35.5. The van der Waals surface area contributed by atoms with Crippen LogP contribution in [-0.2, 0) is 9.84 Å². The third-order valence-corrected chi connectivity index (χ3v) is 5.66. The molecule has 0 unspecified atom stereocenters. The Balaban J connectivity index is 1.80. The van der Waals surface area contributed by atoms with Crippen LogP contribution in [0.5, 0.6) is 0 Å². The largest absolute Gasteiger partial charge is 0.366 e. The summed E-state index contributed by atoms with van der Waals surface area (Å²) >= 11 is 5.78. The SMILES string of the molecule is O=S(=O)(c1ccc(Cl)cc1)c1ccc(NC2CCCC2)nn1. The van der Waals surface area contributed by atoms with Crippen molar-refractivity contribution in [3.8, 4) is 0 Å². The number of hydrogen-bond donors (Lipinski definition) is 1. The molecule has 0 amide bonds. The summed E-state index contributed by atoms with van der Waals surface area (Å²) in [6.45, 7) is 0. The lowest BCUT2D eigenvalue weighted by atomic mass is 10.2. The second-order valence-corrected chi connectivity index (χ2v) is 7.67. The monoisotopic (exact) mass is 337 g/mol. The minimum absolute atomic E-state index is 0.0632. The van der Waals surface area contributed by atoms with Gasteiger partial charge in [0.05, 0.1) is 4.90 Å². The van der Waals surface area contributed by atoms with Gasteiger partial charge in [-0.25, -0.2) is 8.42 Å². The van der Waals surface area contributed by atoms with E-state index in [1.807, 2.05) is 0 Å². The standard InChI is InChI=1S/C15H16ClN3O2S/c16-11-5-7-13(8-6-11)22(20,21)15-10-9-14(18-19-15)17-12-3-1-2-4-12/h5-10,12H,1-4H2,(H,17,18). The van der Waals surface area contributed by atoms with Gasteiger partial charge in [0.1, 0.15) is 5.82 Å². The summed E-state index contributed by atoms with van der Waals surface area (Å²) in [6, 6.07) is 9.56. The van der Waals surface area contributed by atoms with E-state index >= 15 is 0 Å². The maximum Gasteiger partial charge on any atom is 0.225 e. The van der Waals surface area contributed by atoms with E-state index in [9.17, 15) is 8.42 Å². The van der Waals surface area contributed by atoms with Crippen molar-refractivity contribution in [3.63, 3.8) is 0 Å². The summed E-state index contributed by atoms with van der Waals surface area (Å²) in [5.74, 6) is 0.613. The molecule has 1 aromatic heterocycles. The number of benzene rings is 1. The Kier molecular flexibility index (Phi) is 4.31. The summed E-state index contributed by atoms with van der Waals surface area (Å²) in [6.07, 6.45) is 4.67. The van der Waals surface area contributed by atoms with Crippen LogP contribution in [0, 0.1) is 0 Å². The Morgan fingerprint density at radius 1 is 1.00 bits per heavy atom. The van der Waals surface area contributed by atoms with Gasteiger partial charge in [-0.05, 0) is 49.2 Å². The molecule has 3 rings (SSSR count). The predicted octanol–water partition coefficient (Wildman–Crippen LogP) is 3.32. The first-order valence-electron chi connectivity index (χ1n) is 7.16. The fourth-order valence-electron chi connectivity index (χ4n) is 2.55. The average Bonchev–Trinajstić information content (AvgIpc) is 3.01. The highest BCUT2D eigenvalue weighted by Crippen LogP contribution is 2.23. The minimum atomic E-state index is -3.66. The highest BCUT2D eigenvalue weighted by Gasteiger charge is 2.20. The molecule has 1 aromatic carbocycles. The molecule has 1 fully saturated rings. The number of halogens is 1. The van der Waals surface area contributed by atoms with Crippen LogP contribution in [0.25, 0.3) is 0 Å². The molecule has 0 spiro atoms. The molecule has 22 heavy (non-hydrogen) atoms. The van der Waals surface area contributed by atoms with Gasteiger partial charge in [0.25, 0.3) is 0 Å². The van der Waals surface area contributed by atoms with Crippen molar-refractivity contribution >= 4 is 27.3 Å². The molecule has 7 heteroatoms. The van der Waals surface area contributed by atoms with E-state index in [4.69, 9.17) is 11.6 Å². The maximum absolute atomic E-state index is 12.4. The van der Waals surface area contributed by atoms with Gasteiger partial charge < -0.3 is 5.32 Å². The first-order valence-corrected chi connectivity index (χ1v) is 9.03. The van der Waals surface area contributed by atoms with Gasteiger partial charge in [-0.1, -0.05) is 24.4 Å². The Bertz CT molecular complexity index is 739. The van der Waals surface area contributed by atoms with Gasteiger partial charge in [-0.15, -0.1) is 10.2 Å². The molecule has 1 aliphatic carbocycles. The minimum Gasteiger partial charge on any atom is -0.366 e. The smallest absolute Gasteiger partial charge is 0.225 e. The van der Waals surface area contributed by atoms with Gasteiger partial charge in [0.2, 0.25) is 9.84 Å². The van der Waals surface area contributed by atoms with Crippen LogP contribution < -0.4 is 5.32 Å². The van der Waals surface area contributed by atoms with Crippen LogP contribution in [0.2, 0.25) is 5.02 Å². The third-order valence-electron chi connectivity index (χ3n) is 3.75. The molecule has 116 valence electrons. The topological polar surface area (TPSA) is 72.0 Å². The summed E-state index contributed by atoms with van der Waals surface area (Å²) in [7, 11) is -3.66. The highest BCUT2D eigenvalue weighted by molar-refractivity contribution is 7.91. The Labute approximate surface area is 134 Å². The molecule has 0 saturated heterocycles. The third kappa shape index (κ3) is 3.23. The molecule has 1 saturated carbocycles. The van der Waals surface area contributed by atoms with E-state index in [2.05, 4.69) is 15.5 Å². The number of rotatable bonds is 4. The van der Waals surface area contributed by atoms with E-state index in [-0.39, 0.29) is 9.92 Å². The first kappa shape index (κ1) is 15.2. The Morgan fingerprint density at radius 2 is 1.68 bits per heavy atom. The first-order chi connectivity index (χ1) is 10.6. The second-order valence-electron chi connectivity index (χ2n) is 5.34. The lowest BCUT2D eigenvalue weighted by Crippen LogP contribution is -2.16. The lowest BCUT2D eigenvalue weighted by molar-refractivity contribution is 0.590. The van der Waals surface area contributed by atoms with Crippen molar-refractivity contribution in [1.82, 2.24) is 10.2 Å². The molecular weight excluding hydrogens is 322 g/mol. The zero-order valence-electron chi connectivity index (χ0n) is 11.9. The average molecular weight is 338 g/mol. The number of sulfone groups is 1. The van der Waals surface area contributed by atoms with Crippen molar-refractivity contribution in [2.45, 2.75) is 41.6 Å². The van der Waals surface area contributed by atoms with Crippen molar-refractivity contribution in [1.29, 1.82) is 0 Å². The zero-order valence-corrected chi connectivity index (χ0v) is 13.4. The second kappa shape index (κ2) is 6.22. The summed E-state index contributed by atoms with van der Waals surface area (Å²) in [4.78, 5) is 0.155. The molecule has 2 aromatic rings. The summed E-state index contributed by atoms with van der Waals surface area (Å²) in [5.41, 5.74) is 0. The van der Waals surface area contributed by atoms with Crippen LogP contribution in [0.15, 0.2) is 46.3 Å². The fourth-order valence-corrected chi connectivity index (χ4v) is 3.81. The molecule has 0 bridgehead atoms. The molecule has 0 radical (unpaired) electrons. The van der Waals surface area contributed by atoms with Gasteiger partial charge in [-0.2, -0.15) is 0 Å².